The van der Waals surface area contributed by atoms with Crippen molar-refractivity contribution in [2.24, 2.45) is 7.05 Å². The second-order valence-electron chi connectivity index (χ2n) is 6.47. The number of nitrogens with one attached hydrogen (secondary N) is 1. The topological polar surface area (TPSA) is 102 Å². The summed E-state index contributed by atoms with van der Waals surface area (Å²) < 4.78 is 36.7. The van der Waals surface area contributed by atoms with Crippen molar-refractivity contribution < 1.29 is 12.8 Å². The highest BCUT2D eigenvalue weighted by molar-refractivity contribution is 7.89. The van der Waals surface area contributed by atoms with Crippen molar-refractivity contribution in [3.63, 3.8) is 0 Å². The van der Waals surface area contributed by atoms with Gasteiger partial charge < -0.3 is 14.3 Å². The molecule has 152 valence electrons. The van der Waals surface area contributed by atoms with Crippen LogP contribution in [0.2, 0.25) is 0 Å². The van der Waals surface area contributed by atoms with E-state index in [2.05, 4.69) is 10.3 Å². The molecule has 9 nitrogen and oxygen atoms in total. The molecular weight excluding hydrogens is 406 g/mol. The molecule has 1 N–H and O–H groups in total. The highest BCUT2D eigenvalue weighted by Gasteiger charge is 2.36. The van der Waals surface area contributed by atoms with Crippen molar-refractivity contribution in [1.29, 1.82) is 0 Å². The molecule has 1 fully saturated rings. The number of nitrogens with zero attached hydrogens (tertiary/aromatic N) is 4. The molecule has 0 saturated carbocycles. The monoisotopic (exact) mass is 427 g/mol. The fourth-order valence-corrected chi connectivity index (χ4v) is 5.14. The average Bonchev–Trinajstić information content (AvgIpc) is 3.22. The van der Waals surface area contributed by atoms with E-state index in [-0.39, 0.29) is 22.9 Å². The molecule has 0 bridgehead atoms. The van der Waals surface area contributed by atoms with Crippen LogP contribution in [-0.2, 0) is 23.6 Å². The molecule has 1 atom stereocenters. The molecule has 11 heteroatoms. The molecule has 3 aromatic rings. The van der Waals surface area contributed by atoms with Gasteiger partial charge in [0, 0.05) is 51.7 Å². The average molecular weight is 428 g/mol. The zero-order valence-corrected chi connectivity index (χ0v) is 17.2. The lowest BCUT2D eigenvalue weighted by atomic mass is 10.2. The lowest BCUT2D eigenvalue weighted by molar-refractivity contribution is 0.258. The summed E-state index contributed by atoms with van der Waals surface area (Å²) in [6, 6.07) is 4.16. The molecule has 0 amide bonds. The lowest BCUT2D eigenvalue weighted by Gasteiger charge is -2.34. The van der Waals surface area contributed by atoms with E-state index in [1.54, 1.807) is 18.5 Å². The Bertz CT molecular complexity index is 1150. The molecule has 1 saturated heterocycles. The minimum atomic E-state index is -3.79. The fourth-order valence-electron chi connectivity index (χ4n) is 3.53. The van der Waals surface area contributed by atoms with Crippen molar-refractivity contribution in [2.75, 3.05) is 19.6 Å². The van der Waals surface area contributed by atoms with Crippen molar-refractivity contribution >= 4 is 33.5 Å². The summed E-state index contributed by atoms with van der Waals surface area (Å²) in [6.45, 7) is 3.66. The van der Waals surface area contributed by atoms with E-state index in [9.17, 15) is 13.2 Å². The zero-order valence-electron chi connectivity index (χ0n) is 15.5. The van der Waals surface area contributed by atoms with E-state index >= 15 is 0 Å². The number of imidazole rings is 1. The van der Waals surface area contributed by atoms with E-state index in [0.29, 0.717) is 37.5 Å². The van der Waals surface area contributed by atoms with Crippen LogP contribution in [-0.4, -0.2) is 46.5 Å². The van der Waals surface area contributed by atoms with Gasteiger partial charge in [-0.1, -0.05) is 0 Å². The summed E-state index contributed by atoms with van der Waals surface area (Å²) in [5.41, 5.74) is 0.856. The third-order valence-corrected chi connectivity index (χ3v) is 6.82. The van der Waals surface area contributed by atoms with Crippen LogP contribution >= 0.6 is 12.4 Å². The van der Waals surface area contributed by atoms with Gasteiger partial charge in [-0.05, 0) is 19.1 Å². The number of rotatable bonds is 4. The predicted molar refractivity (Wildman–Crippen MR) is 106 cm³/mol. The third kappa shape index (κ3) is 3.26. The largest absolute Gasteiger partial charge is 0.419 e. The zero-order chi connectivity index (χ0) is 19.2. The van der Waals surface area contributed by atoms with Gasteiger partial charge in [-0.25, -0.2) is 18.2 Å². The van der Waals surface area contributed by atoms with Gasteiger partial charge in [-0.15, -0.1) is 12.4 Å². The Hall–Kier alpha value is -2.14. The quantitative estimate of drug-likeness (QED) is 0.669. The Morgan fingerprint density at radius 3 is 2.82 bits per heavy atom. The Kier molecular flexibility index (Phi) is 5.67. The second kappa shape index (κ2) is 7.70. The van der Waals surface area contributed by atoms with Crippen LogP contribution < -0.4 is 11.1 Å². The van der Waals surface area contributed by atoms with Crippen LogP contribution in [0.4, 0.5) is 0 Å². The van der Waals surface area contributed by atoms with Gasteiger partial charge in [-0.3, -0.25) is 4.57 Å². The normalized spacial score (nSPS) is 18.3. The van der Waals surface area contributed by atoms with Crippen LogP contribution in [0.1, 0.15) is 18.8 Å². The molecule has 0 aliphatic carbocycles. The van der Waals surface area contributed by atoms with Gasteiger partial charge in [0.25, 0.3) is 0 Å². The third-order valence-electron chi connectivity index (χ3n) is 4.91. The predicted octanol–water partition coefficient (Wildman–Crippen LogP) is 1.10. The van der Waals surface area contributed by atoms with E-state index in [1.807, 2.05) is 18.5 Å². The molecule has 0 spiro atoms. The van der Waals surface area contributed by atoms with Crippen LogP contribution in [0, 0.1) is 0 Å². The van der Waals surface area contributed by atoms with Crippen LogP contribution in [0.15, 0.2) is 44.7 Å². The number of hydrogen-bond donors (Lipinski definition) is 1. The standard InChI is InChI=1S/C17H21N5O4S.ClH/c1-3-21-13-5-4-12(10-15(13)26-17(21)23)27(24,25)22-9-6-18-11-14(22)16-19-7-8-20(16)2;/h4-5,7-8,10,14,18H,3,6,9,11H2,1-2H3;1H. The van der Waals surface area contributed by atoms with Crippen molar-refractivity contribution in [1.82, 2.24) is 23.7 Å². The molecule has 2 aromatic heterocycles. The maximum Gasteiger partial charge on any atom is 0.419 e. The molecule has 1 aliphatic heterocycles. The van der Waals surface area contributed by atoms with Crippen LogP contribution in [0.3, 0.4) is 0 Å². The fraction of sp³-hybridized carbons (Fsp3) is 0.412. The first-order chi connectivity index (χ1) is 12.9. The van der Waals surface area contributed by atoms with E-state index in [0.717, 1.165) is 0 Å². The molecule has 3 heterocycles. The summed E-state index contributed by atoms with van der Waals surface area (Å²) in [4.78, 5) is 16.3. The van der Waals surface area contributed by atoms with Crippen molar-refractivity contribution in [3.8, 4) is 0 Å². The van der Waals surface area contributed by atoms with Crippen molar-refractivity contribution in [3.05, 3.63) is 47.0 Å². The smallest absolute Gasteiger partial charge is 0.408 e. The molecule has 1 aliphatic rings. The summed E-state index contributed by atoms with van der Waals surface area (Å²) in [5, 5.41) is 3.23. The van der Waals surface area contributed by atoms with Gasteiger partial charge >= 0.3 is 5.76 Å². The number of benzene rings is 1. The molecule has 1 aromatic carbocycles. The number of fused-ring (bicyclic) bond motifs is 1. The second-order valence-corrected chi connectivity index (χ2v) is 8.36. The number of halogens is 1. The lowest BCUT2D eigenvalue weighted by Crippen LogP contribution is -2.49. The first kappa shape index (κ1) is 20.6. The summed E-state index contributed by atoms with van der Waals surface area (Å²) in [7, 11) is -1.94. The Morgan fingerprint density at radius 1 is 1.36 bits per heavy atom. The Morgan fingerprint density at radius 2 is 2.14 bits per heavy atom. The van der Waals surface area contributed by atoms with Gasteiger partial charge in [0.05, 0.1) is 16.5 Å². The Balaban J connectivity index is 0.00000225. The molecule has 4 rings (SSSR count). The Labute approximate surface area is 168 Å². The summed E-state index contributed by atoms with van der Waals surface area (Å²) in [6.07, 6.45) is 3.45. The minimum absolute atomic E-state index is 0. The maximum atomic E-state index is 13.3. The first-order valence-electron chi connectivity index (χ1n) is 8.76. The van der Waals surface area contributed by atoms with Crippen LogP contribution in [0.5, 0.6) is 0 Å². The number of aromatic nitrogens is 3. The molecule has 28 heavy (non-hydrogen) atoms. The maximum absolute atomic E-state index is 13.3. The minimum Gasteiger partial charge on any atom is -0.408 e. The number of sulfonamides is 1. The van der Waals surface area contributed by atoms with Crippen molar-refractivity contribution in [2.45, 2.75) is 24.4 Å². The van der Waals surface area contributed by atoms with Gasteiger partial charge in [0.1, 0.15) is 5.82 Å². The van der Waals surface area contributed by atoms with Gasteiger partial charge in [0.2, 0.25) is 10.0 Å². The summed E-state index contributed by atoms with van der Waals surface area (Å²) >= 11 is 0. The number of hydrogen-bond acceptors (Lipinski definition) is 6. The highest BCUT2D eigenvalue weighted by atomic mass is 35.5. The highest BCUT2D eigenvalue weighted by Crippen LogP contribution is 2.29. The molecular formula is C17H22ClN5O4S. The SMILES string of the molecule is CCn1c(=O)oc2cc(S(=O)(=O)N3CCNCC3c3nccn3C)ccc21.Cl. The number of aryl methyl sites for hydroxylation is 2. The van der Waals surface area contributed by atoms with Crippen LogP contribution in [0.25, 0.3) is 11.1 Å². The number of oxazole rings is 1. The van der Waals surface area contributed by atoms with E-state index in [1.165, 1.54) is 21.0 Å². The molecule has 0 radical (unpaired) electrons. The first-order valence-corrected chi connectivity index (χ1v) is 10.2. The number of piperazine rings is 1. The van der Waals surface area contributed by atoms with E-state index in [4.69, 9.17) is 4.42 Å². The van der Waals surface area contributed by atoms with Gasteiger partial charge in [0.15, 0.2) is 5.58 Å². The summed E-state index contributed by atoms with van der Waals surface area (Å²) in [5.74, 6) is 0.186. The molecule has 1 unspecified atom stereocenters. The van der Waals surface area contributed by atoms with E-state index < -0.39 is 21.8 Å². The van der Waals surface area contributed by atoms with Gasteiger partial charge in [-0.2, -0.15) is 4.31 Å².